The normalized spacial score (nSPS) is 12.1. The van der Waals surface area contributed by atoms with Crippen LogP contribution in [0.5, 0.6) is 0 Å². The summed E-state index contributed by atoms with van der Waals surface area (Å²) in [6.07, 6.45) is 0. The van der Waals surface area contributed by atoms with Crippen LogP contribution >= 0.6 is 11.8 Å². The summed E-state index contributed by atoms with van der Waals surface area (Å²) in [6, 6.07) is 41.5. The molecule has 4 nitrogen and oxygen atoms in total. The van der Waals surface area contributed by atoms with Crippen molar-refractivity contribution in [3.63, 3.8) is 0 Å². The summed E-state index contributed by atoms with van der Waals surface area (Å²) >= 11 is 1.80. The molecule has 5 aromatic carbocycles. The fraction of sp³-hybridized carbons (Fsp3) is 0.0556. The van der Waals surface area contributed by atoms with Crippen LogP contribution in [0.3, 0.4) is 0 Å². The van der Waals surface area contributed by atoms with Gasteiger partial charge in [0.25, 0.3) is 0 Å². The maximum atomic E-state index is 12.1. The third kappa shape index (κ3) is 4.35. The predicted molar refractivity (Wildman–Crippen MR) is 167 cm³/mol. The van der Waals surface area contributed by atoms with Crippen molar-refractivity contribution in [3.05, 3.63) is 132 Å². The van der Waals surface area contributed by atoms with E-state index in [1.807, 2.05) is 18.2 Å². The third-order valence-corrected chi connectivity index (χ3v) is 8.64. The maximum absolute atomic E-state index is 12.1. The molecule has 0 unspecified atom stereocenters. The molecular weight excluding hydrogens is 524 g/mol. The van der Waals surface area contributed by atoms with Gasteiger partial charge in [-0.1, -0.05) is 84.6 Å². The van der Waals surface area contributed by atoms with Crippen LogP contribution in [0.4, 0.5) is 17.1 Å². The van der Waals surface area contributed by atoms with Gasteiger partial charge in [-0.05, 0) is 72.1 Å². The maximum Gasteiger partial charge on any atom is 0.337 e. The number of carbonyl (C=O) groups excluding carboxylic acids is 1. The lowest BCUT2D eigenvalue weighted by Gasteiger charge is -2.33. The Hall–Kier alpha value is -4.87. The molecule has 0 aliphatic carbocycles. The molecule has 0 saturated carbocycles. The molecule has 2 heterocycles. The molecule has 1 aliphatic heterocycles. The molecule has 0 saturated heterocycles. The van der Waals surface area contributed by atoms with Gasteiger partial charge >= 0.3 is 5.97 Å². The van der Waals surface area contributed by atoms with E-state index in [1.54, 1.807) is 23.9 Å². The van der Waals surface area contributed by atoms with E-state index in [-0.39, 0.29) is 5.97 Å². The van der Waals surface area contributed by atoms with Crippen molar-refractivity contribution < 1.29 is 9.53 Å². The first-order chi connectivity index (χ1) is 20.1. The van der Waals surface area contributed by atoms with Gasteiger partial charge in [-0.2, -0.15) is 0 Å². The predicted octanol–water partition coefficient (Wildman–Crippen LogP) is 9.60. The molecule has 0 atom stereocenters. The molecule has 6 aromatic rings. The van der Waals surface area contributed by atoms with E-state index >= 15 is 0 Å². The van der Waals surface area contributed by atoms with Gasteiger partial charge in [0.05, 0.1) is 40.9 Å². The number of aromatic nitrogens is 1. The number of aryl methyl sites for hydroxylation is 1. The number of fused-ring (bicyclic) bond motifs is 3. The molecule has 0 bridgehead atoms. The molecule has 198 valence electrons. The first-order valence-electron chi connectivity index (χ1n) is 13.5. The van der Waals surface area contributed by atoms with Crippen LogP contribution in [-0.2, 0) is 4.74 Å². The number of carbonyl (C=O) groups is 1. The highest BCUT2D eigenvalue weighted by Crippen LogP contribution is 2.53. The van der Waals surface area contributed by atoms with Crippen molar-refractivity contribution in [2.45, 2.75) is 16.7 Å². The molecule has 1 aromatic heterocycles. The van der Waals surface area contributed by atoms with Gasteiger partial charge in [-0.25, -0.2) is 9.78 Å². The molecule has 0 amide bonds. The SMILES string of the molecule is COC(=O)c1ccc(-c2cc(-c3ccccc3)c3c(C)ccc(N4c5ccccc5Sc5ccccc54)c3n2)cc1. The van der Waals surface area contributed by atoms with Crippen LogP contribution in [0.2, 0.25) is 0 Å². The standard InChI is InChI=1S/C36H26N2O2S/c1-23-16-21-31(38-29-12-6-8-14-32(29)41-33-15-9-7-13-30(33)38)35-34(23)27(24-10-4-3-5-11-24)22-28(37-35)25-17-19-26(20-18-25)36(39)40-2/h3-22H,1-2H3. The van der Waals surface area contributed by atoms with E-state index in [2.05, 4.69) is 103 Å². The van der Waals surface area contributed by atoms with Crippen molar-refractivity contribution in [2.24, 2.45) is 0 Å². The number of hydrogen-bond donors (Lipinski definition) is 0. The Morgan fingerprint density at radius 2 is 1.34 bits per heavy atom. The minimum absolute atomic E-state index is 0.355. The molecule has 0 fully saturated rings. The number of esters is 1. The Morgan fingerprint density at radius 3 is 2.00 bits per heavy atom. The summed E-state index contributed by atoms with van der Waals surface area (Å²) < 4.78 is 4.91. The average molecular weight is 551 g/mol. The number of methoxy groups -OCH3 is 1. The zero-order chi connectivity index (χ0) is 27.9. The Kier molecular flexibility index (Phi) is 6.29. The van der Waals surface area contributed by atoms with Crippen LogP contribution in [0.15, 0.2) is 131 Å². The zero-order valence-electron chi connectivity index (χ0n) is 22.7. The second kappa shape index (κ2) is 10.3. The summed E-state index contributed by atoms with van der Waals surface area (Å²) in [5.41, 5.74) is 9.91. The molecule has 0 spiro atoms. The van der Waals surface area contributed by atoms with Gasteiger partial charge in [0.2, 0.25) is 0 Å². The van der Waals surface area contributed by atoms with Crippen molar-refractivity contribution in [1.29, 1.82) is 0 Å². The highest BCUT2D eigenvalue weighted by atomic mass is 32.2. The number of para-hydroxylation sites is 2. The second-order valence-electron chi connectivity index (χ2n) is 9.99. The number of benzene rings is 5. The van der Waals surface area contributed by atoms with E-state index in [0.717, 1.165) is 55.9 Å². The smallest absolute Gasteiger partial charge is 0.337 e. The summed E-state index contributed by atoms with van der Waals surface area (Å²) in [4.78, 5) is 22.2. The molecule has 41 heavy (non-hydrogen) atoms. The average Bonchev–Trinajstić information content (AvgIpc) is 3.03. The number of ether oxygens (including phenoxy) is 1. The number of pyridine rings is 1. The summed E-state index contributed by atoms with van der Waals surface area (Å²) in [6.45, 7) is 2.15. The first-order valence-corrected chi connectivity index (χ1v) is 14.3. The number of hydrogen-bond acceptors (Lipinski definition) is 5. The highest BCUT2D eigenvalue weighted by Gasteiger charge is 2.27. The third-order valence-electron chi connectivity index (χ3n) is 7.51. The van der Waals surface area contributed by atoms with Crippen molar-refractivity contribution in [2.75, 3.05) is 12.0 Å². The number of nitrogens with zero attached hydrogens (tertiary/aromatic N) is 2. The Labute approximate surface area is 243 Å². The van der Waals surface area contributed by atoms with Crippen LogP contribution in [-0.4, -0.2) is 18.1 Å². The van der Waals surface area contributed by atoms with E-state index in [1.165, 1.54) is 16.9 Å². The highest BCUT2D eigenvalue weighted by molar-refractivity contribution is 7.99. The minimum Gasteiger partial charge on any atom is -0.465 e. The second-order valence-corrected chi connectivity index (χ2v) is 11.1. The van der Waals surface area contributed by atoms with Crippen molar-refractivity contribution in [3.8, 4) is 22.4 Å². The monoisotopic (exact) mass is 550 g/mol. The largest absolute Gasteiger partial charge is 0.465 e. The lowest BCUT2D eigenvalue weighted by atomic mass is 9.94. The molecular formula is C36H26N2O2S. The fourth-order valence-electron chi connectivity index (χ4n) is 5.53. The topological polar surface area (TPSA) is 42.4 Å². The minimum atomic E-state index is -0.355. The number of anilines is 3. The van der Waals surface area contributed by atoms with Gasteiger partial charge in [-0.15, -0.1) is 0 Å². The molecule has 1 aliphatic rings. The molecule has 0 radical (unpaired) electrons. The van der Waals surface area contributed by atoms with Crippen LogP contribution in [0.25, 0.3) is 33.3 Å². The quantitative estimate of drug-likeness (QED) is 0.204. The van der Waals surface area contributed by atoms with Crippen molar-refractivity contribution in [1.82, 2.24) is 4.98 Å². The first kappa shape index (κ1) is 25.1. The van der Waals surface area contributed by atoms with Gasteiger partial charge in [0.1, 0.15) is 0 Å². The van der Waals surface area contributed by atoms with Gasteiger partial charge < -0.3 is 9.64 Å². The van der Waals surface area contributed by atoms with Gasteiger partial charge in [0.15, 0.2) is 0 Å². The lowest BCUT2D eigenvalue weighted by Crippen LogP contribution is -2.15. The van der Waals surface area contributed by atoms with Gasteiger partial charge in [0, 0.05) is 20.7 Å². The Morgan fingerprint density at radius 1 is 0.707 bits per heavy atom. The van der Waals surface area contributed by atoms with E-state index < -0.39 is 0 Å². The summed E-state index contributed by atoms with van der Waals surface area (Å²) in [7, 11) is 1.40. The Bertz CT molecular complexity index is 1890. The number of rotatable bonds is 4. The molecule has 5 heteroatoms. The molecule has 0 N–H and O–H groups in total. The van der Waals surface area contributed by atoms with Crippen LogP contribution in [0.1, 0.15) is 15.9 Å². The van der Waals surface area contributed by atoms with Crippen molar-refractivity contribution >= 4 is 45.7 Å². The lowest BCUT2D eigenvalue weighted by molar-refractivity contribution is 0.0600. The van der Waals surface area contributed by atoms with Crippen LogP contribution < -0.4 is 4.90 Å². The van der Waals surface area contributed by atoms with E-state index in [4.69, 9.17) is 9.72 Å². The summed E-state index contributed by atoms with van der Waals surface area (Å²) in [5.74, 6) is -0.355. The van der Waals surface area contributed by atoms with Gasteiger partial charge in [-0.3, -0.25) is 0 Å². The Balaban J connectivity index is 1.53. The fourth-order valence-corrected chi connectivity index (χ4v) is 6.59. The summed E-state index contributed by atoms with van der Waals surface area (Å²) in [5, 5.41) is 1.12. The van der Waals surface area contributed by atoms with E-state index in [9.17, 15) is 4.79 Å². The van der Waals surface area contributed by atoms with E-state index in [0.29, 0.717) is 5.56 Å². The zero-order valence-corrected chi connectivity index (χ0v) is 23.5. The van der Waals surface area contributed by atoms with Crippen LogP contribution in [0, 0.1) is 6.92 Å². The molecule has 7 rings (SSSR count).